The fourth-order valence-corrected chi connectivity index (χ4v) is 7.49. The summed E-state index contributed by atoms with van der Waals surface area (Å²) in [7, 11) is 0. The van der Waals surface area contributed by atoms with Crippen LogP contribution in [0.25, 0.3) is 110 Å². The van der Waals surface area contributed by atoms with Crippen molar-refractivity contribution >= 4 is 87.4 Å². The van der Waals surface area contributed by atoms with E-state index >= 15 is 0 Å². The van der Waals surface area contributed by atoms with Crippen LogP contribution in [0.5, 0.6) is 0 Å². The average molecular weight is 614 g/mol. The molecule has 0 atom stereocenters. The quantitative estimate of drug-likeness (QED) is 0.182. The molecule has 11 rings (SSSR count). The summed E-state index contributed by atoms with van der Waals surface area (Å²) < 4.78 is 12.9. The lowest BCUT2D eigenvalue weighted by molar-refractivity contribution is 0.669. The van der Waals surface area contributed by atoms with E-state index in [9.17, 15) is 0 Å². The maximum absolute atomic E-state index is 6.75. The second kappa shape index (κ2) is 9.47. The van der Waals surface area contributed by atoms with E-state index in [1.54, 1.807) is 0 Å². The summed E-state index contributed by atoms with van der Waals surface area (Å²) in [6, 6.07) is 45.9. The molecule has 0 saturated heterocycles. The largest absolute Gasteiger partial charge is 0.456 e. The predicted molar refractivity (Wildman–Crippen MR) is 195 cm³/mol. The second-order valence-electron chi connectivity index (χ2n) is 12.3. The number of para-hydroxylation sites is 3. The molecule has 6 aromatic carbocycles. The number of hydrogen-bond donors (Lipinski definition) is 0. The van der Waals surface area contributed by atoms with Crippen LogP contribution in [0.2, 0.25) is 0 Å². The van der Waals surface area contributed by atoms with E-state index in [0.29, 0.717) is 0 Å². The summed E-state index contributed by atoms with van der Waals surface area (Å²) in [6.45, 7) is 0. The van der Waals surface area contributed by atoms with Gasteiger partial charge in [0.2, 0.25) is 0 Å². The van der Waals surface area contributed by atoms with Crippen LogP contribution in [0.4, 0.5) is 0 Å². The van der Waals surface area contributed by atoms with Gasteiger partial charge in [-0.05, 0) is 54.6 Å². The van der Waals surface area contributed by atoms with Gasteiger partial charge in [0.25, 0.3) is 0 Å². The number of benzene rings is 6. The SMILES string of the molecule is c1cnc2c(c1)ccc1ccc(-c3cc4c(-c5ccc6oc7ccccc7c6c5)nc5ccccc5c4c4c3oc3ccccc34)nc12. The zero-order valence-electron chi connectivity index (χ0n) is 25.4. The number of rotatable bonds is 2. The zero-order chi connectivity index (χ0) is 31.3. The van der Waals surface area contributed by atoms with Crippen molar-refractivity contribution in [2.75, 3.05) is 0 Å². The highest BCUT2D eigenvalue weighted by molar-refractivity contribution is 6.30. The molecule has 0 radical (unpaired) electrons. The summed E-state index contributed by atoms with van der Waals surface area (Å²) in [5.41, 5.74) is 9.70. The first-order valence-corrected chi connectivity index (χ1v) is 16.0. The van der Waals surface area contributed by atoms with E-state index in [0.717, 1.165) is 110 Å². The lowest BCUT2D eigenvalue weighted by Crippen LogP contribution is -1.93. The van der Waals surface area contributed by atoms with Gasteiger partial charge in [-0.1, -0.05) is 78.9 Å². The number of nitrogens with zero attached hydrogens (tertiary/aromatic N) is 3. The lowest BCUT2D eigenvalue weighted by atomic mass is 9.92. The molecule has 0 aliphatic heterocycles. The van der Waals surface area contributed by atoms with Crippen molar-refractivity contribution in [3.63, 3.8) is 0 Å². The fourth-order valence-electron chi connectivity index (χ4n) is 7.49. The van der Waals surface area contributed by atoms with Crippen molar-refractivity contribution in [3.05, 3.63) is 140 Å². The van der Waals surface area contributed by atoms with Crippen LogP contribution in [0.15, 0.2) is 148 Å². The van der Waals surface area contributed by atoms with Crippen molar-refractivity contribution in [1.82, 2.24) is 15.0 Å². The minimum atomic E-state index is 0.808. The van der Waals surface area contributed by atoms with E-state index < -0.39 is 0 Å². The van der Waals surface area contributed by atoms with Crippen LogP contribution in [0.1, 0.15) is 0 Å². The fraction of sp³-hybridized carbons (Fsp3) is 0. The molecule has 0 bridgehead atoms. The minimum absolute atomic E-state index is 0.808. The molecule has 0 N–H and O–H groups in total. The number of aromatic nitrogens is 3. The van der Waals surface area contributed by atoms with E-state index in [1.165, 1.54) is 0 Å². The maximum Gasteiger partial charge on any atom is 0.145 e. The van der Waals surface area contributed by atoms with Crippen LogP contribution in [0.3, 0.4) is 0 Å². The molecular weight excluding hydrogens is 590 g/mol. The summed E-state index contributed by atoms with van der Waals surface area (Å²) in [4.78, 5) is 15.3. The molecule has 0 saturated carbocycles. The molecule has 222 valence electrons. The van der Waals surface area contributed by atoms with Crippen molar-refractivity contribution < 1.29 is 8.83 Å². The molecule has 0 amide bonds. The first kappa shape index (κ1) is 25.6. The number of fused-ring (bicyclic) bond motifs is 13. The van der Waals surface area contributed by atoms with Gasteiger partial charge in [0.05, 0.1) is 27.9 Å². The molecule has 0 aliphatic carbocycles. The third kappa shape index (κ3) is 3.53. The third-order valence-electron chi connectivity index (χ3n) is 9.67. The van der Waals surface area contributed by atoms with Crippen LogP contribution < -0.4 is 0 Å². The highest BCUT2D eigenvalue weighted by Crippen LogP contribution is 2.46. The van der Waals surface area contributed by atoms with Crippen molar-refractivity contribution in [2.24, 2.45) is 0 Å². The van der Waals surface area contributed by atoms with E-state index in [2.05, 4.69) is 97.1 Å². The van der Waals surface area contributed by atoms with E-state index in [-0.39, 0.29) is 0 Å². The summed E-state index contributed by atoms with van der Waals surface area (Å²) >= 11 is 0. The number of hydrogen-bond acceptors (Lipinski definition) is 5. The standard InChI is InChI=1S/C43H23N3O2/c1-4-12-33-28(10-1)38-32(40(45-33)26-18-20-37-30(22-26)27-9-2-5-13-35(27)47-37)23-31(43-39(38)29-11-3-6-14-36(29)48-43)34-19-17-25-16-15-24-8-7-21-44-41(24)42(25)46-34/h1-23H. The topological polar surface area (TPSA) is 65.0 Å². The van der Waals surface area contributed by atoms with Gasteiger partial charge in [-0.3, -0.25) is 4.98 Å². The van der Waals surface area contributed by atoms with Crippen LogP contribution in [0, 0.1) is 0 Å². The molecule has 5 heteroatoms. The van der Waals surface area contributed by atoms with Gasteiger partial charge in [-0.2, -0.15) is 0 Å². The Kier molecular flexibility index (Phi) is 5.05. The summed E-state index contributed by atoms with van der Waals surface area (Å²) in [5.74, 6) is 0. The Balaban J connectivity index is 1.31. The van der Waals surface area contributed by atoms with Crippen LogP contribution in [-0.4, -0.2) is 15.0 Å². The molecule has 0 fully saturated rings. The Labute approximate surface area is 272 Å². The first-order chi connectivity index (χ1) is 23.8. The minimum Gasteiger partial charge on any atom is -0.456 e. The highest BCUT2D eigenvalue weighted by Gasteiger charge is 2.22. The normalized spacial score (nSPS) is 12.2. The van der Waals surface area contributed by atoms with E-state index in [1.807, 2.05) is 42.6 Å². The number of furan rings is 2. The average Bonchev–Trinajstić information content (AvgIpc) is 3.72. The molecule has 0 unspecified atom stereocenters. The zero-order valence-corrected chi connectivity index (χ0v) is 25.4. The molecular formula is C43H23N3O2. The summed E-state index contributed by atoms with van der Waals surface area (Å²) in [6.07, 6.45) is 1.83. The molecule has 11 aromatic rings. The predicted octanol–water partition coefficient (Wildman–Crippen LogP) is 11.6. The van der Waals surface area contributed by atoms with Gasteiger partial charge >= 0.3 is 0 Å². The van der Waals surface area contributed by atoms with Crippen molar-refractivity contribution in [2.45, 2.75) is 0 Å². The maximum atomic E-state index is 6.75. The Hall–Kier alpha value is -6.59. The van der Waals surface area contributed by atoms with Crippen molar-refractivity contribution in [3.8, 4) is 22.5 Å². The summed E-state index contributed by atoms with van der Waals surface area (Å²) in [5, 5.41) is 9.61. The first-order valence-electron chi connectivity index (χ1n) is 16.0. The van der Waals surface area contributed by atoms with Crippen LogP contribution in [-0.2, 0) is 0 Å². The monoisotopic (exact) mass is 613 g/mol. The van der Waals surface area contributed by atoms with Gasteiger partial charge in [-0.25, -0.2) is 9.97 Å². The molecule has 48 heavy (non-hydrogen) atoms. The van der Waals surface area contributed by atoms with Gasteiger partial charge < -0.3 is 8.83 Å². The Morgan fingerprint density at radius 3 is 2.08 bits per heavy atom. The van der Waals surface area contributed by atoms with Gasteiger partial charge in [0.15, 0.2) is 0 Å². The molecule has 5 aromatic heterocycles. The smallest absolute Gasteiger partial charge is 0.145 e. The molecule has 5 nitrogen and oxygen atoms in total. The molecule has 5 heterocycles. The van der Waals surface area contributed by atoms with E-state index in [4.69, 9.17) is 23.8 Å². The molecule has 0 spiro atoms. The Bertz CT molecular complexity index is 3140. The van der Waals surface area contributed by atoms with Gasteiger partial charge in [0, 0.05) is 65.8 Å². The second-order valence-corrected chi connectivity index (χ2v) is 12.3. The third-order valence-corrected chi connectivity index (χ3v) is 9.67. The number of pyridine rings is 3. The highest BCUT2D eigenvalue weighted by atomic mass is 16.3. The molecule has 0 aliphatic rings. The van der Waals surface area contributed by atoms with Crippen LogP contribution >= 0.6 is 0 Å². The van der Waals surface area contributed by atoms with Gasteiger partial charge in [-0.15, -0.1) is 0 Å². The van der Waals surface area contributed by atoms with Gasteiger partial charge in [0.1, 0.15) is 22.3 Å². The lowest BCUT2D eigenvalue weighted by Gasteiger charge is -2.14. The Morgan fingerprint density at radius 1 is 0.458 bits per heavy atom. The Morgan fingerprint density at radius 2 is 1.19 bits per heavy atom. The van der Waals surface area contributed by atoms with Crippen molar-refractivity contribution in [1.29, 1.82) is 0 Å².